The zero-order chi connectivity index (χ0) is 17.2. The predicted molar refractivity (Wildman–Crippen MR) is 104 cm³/mol. The molecular formula is C20H23ClN2O3. The van der Waals surface area contributed by atoms with Crippen LogP contribution < -0.4 is 20.5 Å². The number of fused-ring (bicyclic) bond motifs is 1. The number of nitrogens with two attached hydrogens (primary N) is 1. The molecule has 0 aromatic heterocycles. The van der Waals surface area contributed by atoms with Gasteiger partial charge in [0.05, 0.1) is 11.4 Å². The molecule has 2 aliphatic rings. The second-order valence-corrected chi connectivity index (χ2v) is 6.74. The maximum absolute atomic E-state index is 12.6. The first-order valence-corrected chi connectivity index (χ1v) is 8.75. The highest BCUT2D eigenvalue weighted by molar-refractivity contribution is 5.96. The number of hydrogen-bond acceptors (Lipinski definition) is 4. The zero-order valence-electron chi connectivity index (χ0n) is 14.4. The number of benzene rings is 2. The van der Waals surface area contributed by atoms with Gasteiger partial charge in [-0.15, -0.1) is 12.4 Å². The van der Waals surface area contributed by atoms with Crippen LogP contribution in [0.15, 0.2) is 42.5 Å². The first-order valence-electron chi connectivity index (χ1n) is 8.75. The molecule has 1 heterocycles. The Morgan fingerprint density at radius 3 is 2.35 bits per heavy atom. The van der Waals surface area contributed by atoms with Crippen LogP contribution in [0.4, 0.5) is 11.4 Å². The Balaban J connectivity index is 0.00000196. The van der Waals surface area contributed by atoms with Crippen LogP contribution in [0.3, 0.4) is 0 Å². The lowest BCUT2D eigenvalue weighted by molar-refractivity contribution is -0.120. The van der Waals surface area contributed by atoms with Crippen LogP contribution in [0.5, 0.6) is 11.5 Å². The lowest BCUT2D eigenvalue weighted by atomic mass is 9.78. The molecule has 0 saturated heterocycles. The fourth-order valence-corrected chi connectivity index (χ4v) is 3.71. The van der Waals surface area contributed by atoms with Gasteiger partial charge in [0.15, 0.2) is 11.5 Å². The third-order valence-electron chi connectivity index (χ3n) is 5.17. The molecule has 0 radical (unpaired) electrons. The number of amides is 1. The minimum absolute atomic E-state index is 0. The Labute approximate surface area is 159 Å². The third kappa shape index (κ3) is 3.73. The number of hydrogen-bond donors (Lipinski definition) is 2. The topological polar surface area (TPSA) is 73.6 Å². The van der Waals surface area contributed by atoms with Gasteiger partial charge in [-0.25, -0.2) is 0 Å². The summed E-state index contributed by atoms with van der Waals surface area (Å²) in [7, 11) is 0. The van der Waals surface area contributed by atoms with Crippen molar-refractivity contribution in [3.8, 4) is 11.5 Å². The molecular weight excluding hydrogens is 352 g/mol. The van der Waals surface area contributed by atoms with Gasteiger partial charge in [-0.05, 0) is 37.2 Å². The molecule has 26 heavy (non-hydrogen) atoms. The van der Waals surface area contributed by atoms with E-state index < -0.39 is 0 Å². The van der Waals surface area contributed by atoms with Gasteiger partial charge >= 0.3 is 0 Å². The Morgan fingerprint density at radius 1 is 1.00 bits per heavy atom. The van der Waals surface area contributed by atoms with Crippen LogP contribution in [0.2, 0.25) is 0 Å². The summed E-state index contributed by atoms with van der Waals surface area (Å²) in [4.78, 5) is 12.6. The van der Waals surface area contributed by atoms with E-state index in [1.807, 2.05) is 6.07 Å². The van der Waals surface area contributed by atoms with Gasteiger partial charge < -0.3 is 20.5 Å². The maximum Gasteiger partial charge on any atom is 0.231 e. The van der Waals surface area contributed by atoms with Crippen molar-refractivity contribution in [3.05, 3.63) is 48.0 Å². The lowest BCUT2D eigenvalue weighted by Gasteiger charge is -2.28. The van der Waals surface area contributed by atoms with Crippen LogP contribution in [-0.2, 0) is 4.79 Å². The van der Waals surface area contributed by atoms with Gasteiger partial charge in [0.25, 0.3) is 0 Å². The van der Waals surface area contributed by atoms with E-state index in [-0.39, 0.29) is 31.0 Å². The molecule has 2 aromatic carbocycles. The van der Waals surface area contributed by atoms with Crippen LogP contribution in [0.1, 0.15) is 37.2 Å². The Kier molecular flexibility index (Phi) is 5.57. The van der Waals surface area contributed by atoms with Crippen molar-refractivity contribution in [1.29, 1.82) is 0 Å². The number of carbonyl (C=O) groups excluding carboxylic acids is 1. The molecule has 0 bridgehead atoms. The molecule has 0 atom stereocenters. The van der Waals surface area contributed by atoms with Crippen molar-refractivity contribution in [2.75, 3.05) is 17.8 Å². The van der Waals surface area contributed by atoms with Crippen molar-refractivity contribution in [1.82, 2.24) is 0 Å². The molecule has 3 N–H and O–H groups in total. The Morgan fingerprint density at radius 2 is 1.65 bits per heavy atom. The van der Waals surface area contributed by atoms with Gasteiger partial charge in [-0.2, -0.15) is 0 Å². The van der Waals surface area contributed by atoms with Crippen molar-refractivity contribution < 1.29 is 14.3 Å². The van der Waals surface area contributed by atoms with E-state index in [1.165, 1.54) is 5.56 Å². The molecule has 0 unspecified atom stereocenters. The van der Waals surface area contributed by atoms with Crippen molar-refractivity contribution in [3.63, 3.8) is 0 Å². The quantitative estimate of drug-likeness (QED) is 0.784. The van der Waals surface area contributed by atoms with Crippen molar-refractivity contribution >= 4 is 29.7 Å². The molecule has 1 amide bonds. The van der Waals surface area contributed by atoms with Gasteiger partial charge in [0.1, 0.15) is 0 Å². The highest BCUT2D eigenvalue weighted by Gasteiger charge is 2.28. The summed E-state index contributed by atoms with van der Waals surface area (Å²) in [5.41, 5.74) is 8.49. The van der Waals surface area contributed by atoms with Crippen LogP contribution in [0.25, 0.3) is 0 Å². The first kappa shape index (κ1) is 18.4. The zero-order valence-corrected chi connectivity index (χ0v) is 15.3. The van der Waals surface area contributed by atoms with Crippen LogP contribution >= 0.6 is 12.4 Å². The highest BCUT2D eigenvalue weighted by Crippen LogP contribution is 2.40. The second kappa shape index (κ2) is 7.87. The maximum atomic E-state index is 12.6. The van der Waals surface area contributed by atoms with E-state index in [4.69, 9.17) is 15.2 Å². The minimum Gasteiger partial charge on any atom is -0.454 e. The van der Waals surface area contributed by atoms with E-state index in [0.29, 0.717) is 28.8 Å². The van der Waals surface area contributed by atoms with Gasteiger partial charge in [0.2, 0.25) is 12.7 Å². The van der Waals surface area contributed by atoms with E-state index >= 15 is 0 Å². The average molecular weight is 375 g/mol. The molecule has 4 rings (SSSR count). The van der Waals surface area contributed by atoms with E-state index in [9.17, 15) is 4.79 Å². The predicted octanol–water partition coefficient (Wildman–Crippen LogP) is 4.33. The smallest absolute Gasteiger partial charge is 0.231 e. The summed E-state index contributed by atoms with van der Waals surface area (Å²) < 4.78 is 10.6. The van der Waals surface area contributed by atoms with Gasteiger partial charge in [0, 0.05) is 18.1 Å². The summed E-state index contributed by atoms with van der Waals surface area (Å²) in [6, 6.07) is 14.0. The number of rotatable bonds is 3. The fourth-order valence-electron chi connectivity index (χ4n) is 3.71. The van der Waals surface area contributed by atoms with E-state index in [2.05, 4.69) is 29.6 Å². The Bertz CT molecular complexity index is 774. The molecule has 1 aliphatic carbocycles. The number of nitrogens with one attached hydrogen (secondary N) is 1. The number of nitrogen functional groups attached to an aromatic ring is 1. The average Bonchev–Trinajstić information content (AvgIpc) is 3.10. The van der Waals surface area contributed by atoms with E-state index in [1.54, 1.807) is 12.1 Å². The molecule has 6 heteroatoms. The largest absolute Gasteiger partial charge is 0.454 e. The molecule has 2 aromatic rings. The molecule has 5 nitrogen and oxygen atoms in total. The third-order valence-corrected chi connectivity index (χ3v) is 5.17. The summed E-state index contributed by atoms with van der Waals surface area (Å²) in [5.74, 6) is 1.87. The lowest BCUT2D eigenvalue weighted by Crippen LogP contribution is -2.27. The summed E-state index contributed by atoms with van der Waals surface area (Å²) >= 11 is 0. The normalized spacial score (nSPS) is 20.9. The molecule has 1 aliphatic heterocycles. The molecule has 1 saturated carbocycles. The second-order valence-electron chi connectivity index (χ2n) is 6.74. The number of anilines is 2. The van der Waals surface area contributed by atoms with Crippen molar-refractivity contribution in [2.45, 2.75) is 31.6 Å². The number of ether oxygens (including phenoxy) is 2. The summed E-state index contributed by atoms with van der Waals surface area (Å²) in [5, 5.41) is 2.96. The molecule has 138 valence electrons. The highest BCUT2D eigenvalue weighted by atomic mass is 35.5. The van der Waals surface area contributed by atoms with Gasteiger partial charge in [-0.3, -0.25) is 4.79 Å². The monoisotopic (exact) mass is 374 g/mol. The first-order chi connectivity index (χ1) is 12.2. The summed E-state index contributed by atoms with van der Waals surface area (Å²) in [6.45, 7) is 0.190. The summed E-state index contributed by atoms with van der Waals surface area (Å²) in [6.07, 6.45) is 3.88. The number of carbonyl (C=O) groups is 1. The fraction of sp³-hybridized carbons (Fsp3) is 0.350. The van der Waals surface area contributed by atoms with E-state index in [0.717, 1.165) is 25.7 Å². The van der Waals surface area contributed by atoms with Crippen molar-refractivity contribution in [2.24, 2.45) is 5.92 Å². The SMILES string of the molecule is Cl.Nc1cc2c(cc1NC(=O)C1CCC(c3ccccc3)CC1)OCO2. The molecule has 0 spiro atoms. The minimum atomic E-state index is 0. The standard InChI is InChI=1S/C20H22N2O3.ClH/c21-16-10-18-19(25-12-24-18)11-17(16)22-20(23)15-8-6-14(7-9-15)13-4-2-1-3-5-13;/h1-5,10-11,14-15H,6-9,12,21H2,(H,22,23);1H. The van der Waals surface area contributed by atoms with Crippen LogP contribution in [-0.4, -0.2) is 12.7 Å². The Hall–Kier alpha value is -2.40. The number of halogens is 1. The van der Waals surface area contributed by atoms with Gasteiger partial charge in [-0.1, -0.05) is 30.3 Å². The molecule has 1 fully saturated rings. The van der Waals surface area contributed by atoms with Crippen LogP contribution in [0, 0.1) is 5.92 Å².